The number of benzene rings is 1. The monoisotopic (exact) mass is 370 g/mol. The number of aliphatic carboxylic acids is 1. The van der Waals surface area contributed by atoms with Crippen LogP contribution >= 0.6 is 0 Å². The average Bonchev–Trinajstić information content (AvgIpc) is 2.72. The molecule has 0 aliphatic carbocycles. The topological polar surface area (TPSA) is 71.9 Å². The molecule has 0 radical (unpaired) electrons. The van der Waals surface area contributed by atoms with Gasteiger partial charge in [-0.05, 0) is 49.2 Å². The first kappa shape index (κ1) is 19.2. The zero-order valence-electron chi connectivity index (χ0n) is 15.8. The van der Waals surface area contributed by atoms with Crippen molar-refractivity contribution in [2.75, 3.05) is 20.8 Å². The Morgan fingerprint density at radius 1 is 1.22 bits per heavy atom. The van der Waals surface area contributed by atoms with Crippen molar-refractivity contribution in [2.45, 2.75) is 37.8 Å². The van der Waals surface area contributed by atoms with Gasteiger partial charge in [-0.3, -0.25) is 14.7 Å². The second-order valence-corrected chi connectivity index (χ2v) is 6.74. The van der Waals surface area contributed by atoms with Crippen molar-refractivity contribution in [3.63, 3.8) is 0 Å². The second-order valence-electron chi connectivity index (χ2n) is 6.74. The molecule has 27 heavy (non-hydrogen) atoms. The summed E-state index contributed by atoms with van der Waals surface area (Å²) >= 11 is 0. The third kappa shape index (κ3) is 4.39. The molecule has 1 aliphatic rings. The molecule has 6 heteroatoms. The molecule has 1 aromatic heterocycles. The van der Waals surface area contributed by atoms with E-state index in [4.69, 9.17) is 9.47 Å². The standard InChI is InChI=1S/C21H26N2O4/c1-26-19-10-9-15(13-20(19)27-2)18(14-16-7-3-5-11-22-16)23-12-6-4-8-17(23)21(24)25/h3,5,7,9-11,13,17-18H,4,6,8,12,14H2,1-2H3,(H,24,25). The van der Waals surface area contributed by atoms with Crippen molar-refractivity contribution in [2.24, 2.45) is 0 Å². The Morgan fingerprint density at radius 2 is 2.04 bits per heavy atom. The predicted octanol–water partition coefficient (Wildman–Crippen LogP) is 3.32. The highest BCUT2D eigenvalue weighted by atomic mass is 16.5. The summed E-state index contributed by atoms with van der Waals surface area (Å²) in [6.45, 7) is 0.753. The van der Waals surface area contributed by atoms with E-state index in [0.29, 0.717) is 24.3 Å². The first-order valence-electron chi connectivity index (χ1n) is 9.24. The normalized spacial score (nSPS) is 18.7. The molecule has 1 fully saturated rings. The molecule has 1 aliphatic heterocycles. The molecule has 0 bridgehead atoms. The highest BCUT2D eigenvalue weighted by Gasteiger charge is 2.34. The Bertz CT molecular complexity index is 766. The molecule has 1 aromatic carbocycles. The SMILES string of the molecule is COc1ccc(C(Cc2ccccn2)N2CCCCC2C(=O)O)cc1OC. The lowest BCUT2D eigenvalue weighted by Crippen LogP contribution is -2.47. The van der Waals surface area contributed by atoms with E-state index in [9.17, 15) is 9.90 Å². The Hall–Kier alpha value is -2.60. The number of nitrogens with zero attached hydrogens (tertiary/aromatic N) is 2. The number of aromatic nitrogens is 1. The second kappa shape index (κ2) is 8.86. The van der Waals surface area contributed by atoms with Crippen LogP contribution in [0.5, 0.6) is 11.5 Å². The van der Waals surface area contributed by atoms with Crippen LogP contribution in [0.25, 0.3) is 0 Å². The van der Waals surface area contributed by atoms with Crippen LogP contribution in [0.3, 0.4) is 0 Å². The number of methoxy groups -OCH3 is 2. The highest BCUT2D eigenvalue weighted by molar-refractivity contribution is 5.73. The van der Waals surface area contributed by atoms with E-state index in [1.54, 1.807) is 20.4 Å². The van der Waals surface area contributed by atoms with E-state index in [1.807, 2.05) is 36.4 Å². The number of ether oxygens (including phenoxy) is 2. The molecule has 6 nitrogen and oxygen atoms in total. The number of likely N-dealkylation sites (tertiary alicyclic amines) is 1. The molecule has 0 amide bonds. The van der Waals surface area contributed by atoms with Gasteiger partial charge in [-0.2, -0.15) is 0 Å². The third-order valence-electron chi connectivity index (χ3n) is 5.15. The van der Waals surface area contributed by atoms with Gasteiger partial charge in [-0.15, -0.1) is 0 Å². The summed E-state index contributed by atoms with van der Waals surface area (Å²) in [7, 11) is 3.21. The van der Waals surface area contributed by atoms with Gasteiger partial charge in [0.05, 0.1) is 14.2 Å². The molecular weight excluding hydrogens is 344 g/mol. The van der Waals surface area contributed by atoms with Crippen LogP contribution in [0.15, 0.2) is 42.6 Å². The lowest BCUT2D eigenvalue weighted by Gasteiger charge is -2.39. The van der Waals surface area contributed by atoms with Gasteiger partial charge in [0.2, 0.25) is 0 Å². The lowest BCUT2D eigenvalue weighted by molar-refractivity contribution is -0.146. The van der Waals surface area contributed by atoms with Crippen molar-refractivity contribution in [3.8, 4) is 11.5 Å². The van der Waals surface area contributed by atoms with Crippen molar-refractivity contribution in [1.82, 2.24) is 9.88 Å². The Morgan fingerprint density at radius 3 is 2.70 bits per heavy atom. The van der Waals surface area contributed by atoms with Crippen LogP contribution in [-0.2, 0) is 11.2 Å². The highest BCUT2D eigenvalue weighted by Crippen LogP contribution is 2.36. The maximum Gasteiger partial charge on any atom is 0.320 e. The largest absolute Gasteiger partial charge is 0.493 e. The van der Waals surface area contributed by atoms with Gasteiger partial charge >= 0.3 is 5.97 Å². The number of carbonyl (C=O) groups is 1. The molecule has 2 heterocycles. The number of piperidine rings is 1. The molecule has 0 saturated carbocycles. The zero-order chi connectivity index (χ0) is 19.2. The number of hydrogen-bond donors (Lipinski definition) is 1. The minimum Gasteiger partial charge on any atom is -0.493 e. The van der Waals surface area contributed by atoms with Crippen molar-refractivity contribution < 1.29 is 19.4 Å². The van der Waals surface area contributed by atoms with Crippen LogP contribution in [0.2, 0.25) is 0 Å². The molecular formula is C21H26N2O4. The fourth-order valence-electron chi connectivity index (χ4n) is 3.80. The summed E-state index contributed by atoms with van der Waals surface area (Å²) in [5.41, 5.74) is 1.94. The van der Waals surface area contributed by atoms with Crippen molar-refractivity contribution >= 4 is 5.97 Å². The zero-order valence-corrected chi connectivity index (χ0v) is 15.8. The van der Waals surface area contributed by atoms with Crippen LogP contribution in [0, 0.1) is 0 Å². The summed E-state index contributed by atoms with van der Waals surface area (Å²) < 4.78 is 10.8. The Balaban J connectivity index is 2.00. The van der Waals surface area contributed by atoms with E-state index in [0.717, 1.165) is 30.6 Å². The van der Waals surface area contributed by atoms with Gasteiger partial charge in [-0.1, -0.05) is 18.6 Å². The summed E-state index contributed by atoms with van der Waals surface area (Å²) in [5, 5.41) is 9.75. The molecule has 2 atom stereocenters. The number of carboxylic acid groups (broad SMARTS) is 1. The maximum atomic E-state index is 11.9. The van der Waals surface area contributed by atoms with Crippen LogP contribution in [-0.4, -0.2) is 47.8 Å². The third-order valence-corrected chi connectivity index (χ3v) is 5.15. The van der Waals surface area contributed by atoms with E-state index < -0.39 is 12.0 Å². The van der Waals surface area contributed by atoms with Crippen LogP contribution in [0.1, 0.15) is 36.6 Å². The summed E-state index contributed by atoms with van der Waals surface area (Å²) in [6, 6.07) is 11.0. The first-order chi connectivity index (χ1) is 13.1. The summed E-state index contributed by atoms with van der Waals surface area (Å²) in [4.78, 5) is 18.4. The number of hydrogen-bond acceptors (Lipinski definition) is 5. The van der Waals surface area contributed by atoms with Gasteiger partial charge in [0.15, 0.2) is 11.5 Å². The van der Waals surface area contributed by atoms with E-state index in [-0.39, 0.29) is 6.04 Å². The maximum absolute atomic E-state index is 11.9. The Labute approximate surface area is 159 Å². The predicted molar refractivity (Wildman–Crippen MR) is 102 cm³/mol. The minimum absolute atomic E-state index is 0.0962. The smallest absolute Gasteiger partial charge is 0.320 e. The molecule has 1 saturated heterocycles. The number of carboxylic acids is 1. The molecule has 1 N–H and O–H groups in total. The van der Waals surface area contributed by atoms with Crippen molar-refractivity contribution in [3.05, 3.63) is 53.9 Å². The summed E-state index contributed by atoms with van der Waals surface area (Å²) in [5.74, 6) is 0.539. The van der Waals surface area contributed by atoms with Gasteiger partial charge in [0.1, 0.15) is 6.04 Å². The fourth-order valence-corrected chi connectivity index (χ4v) is 3.80. The minimum atomic E-state index is -0.763. The molecule has 144 valence electrons. The Kier molecular flexibility index (Phi) is 6.29. The number of rotatable bonds is 7. The fraction of sp³-hybridized carbons (Fsp3) is 0.429. The van der Waals surface area contributed by atoms with Gasteiger partial charge in [-0.25, -0.2) is 0 Å². The van der Waals surface area contributed by atoms with Gasteiger partial charge in [0, 0.05) is 24.4 Å². The molecule has 3 rings (SSSR count). The molecule has 2 aromatic rings. The lowest BCUT2D eigenvalue weighted by atomic mass is 9.93. The first-order valence-corrected chi connectivity index (χ1v) is 9.24. The summed E-state index contributed by atoms with van der Waals surface area (Å²) in [6.07, 6.45) is 5.01. The van der Waals surface area contributed by atoms with Gasteiger partial charge in [0.25, 0.3) is 0 Å². The van der Waals surface area contributed by atoms with Crippen LogP contribution in [0.4, 0.5) is 0 Å². The van der Waals surface area contributed by atoms with E-state index >= 15 is 0 Å². The van der Waals surface area contributed by atoms with Crippen molar-refractivity contribution in [1.29, 1.82) is 0 Å². The number of pyridine rings is 1. The molecule has 0 spiro atoms. The van der Waals surface area contributed by atoms with E-state index in [2.05, 4.69) is 9.88 Å². The van der Waals surface area contributed by atoms with E-state index in [1.165, 1.54) is 0 Å². The molecule has 2 unspecified atom stereocenters. The van der Waals surface area contributed by atoms with Crippen LogP contribution < -0.4 is 9.47 Å². The van der Waals surface area contributed by atoms with Gasteiger partial charge < -0.3 is 14.6 Å². The quantitative estimate of drug-likeness (QED) is 0.806. The average molecular weight is 370 g/mol.